The highest BCUT2D eigenvalue weighted by atomic mass is 16.5. The first-order valence-corrected chi connectivity index (χ1v) is 7.23. The van der Waals surface area contributed by atoms with Gasteiger partial charge in [-0.3, -0.25) is 14.6 Å². The molecule has 8 nitrogen and oxygen atoms in total. The maximum absolute atomic E-state index is 11.3. The van der Waals surface area contributed by atoms with Gasteiger partial charge < -0.3 is 19.8 Å². The lowest BCUT2D eigenvalue weighted by molar-refractivity contribution is -0.140. The molecule has 2 aliphatic heterocycles. The van der Waals surface area contributed by atoms with E-state index in [9.17, 15) is 14.7 Å². The summed E-state index contributed by atoms with van der Waals surface area (Å²) in [5, 5.41) is 18.3. The lowest BCUT2D eigenvalue weighted by Crippen LogP contribution is -2.62. The summed E-state index contributed by atoms with van der Waals surface area (Å²) in [6.45, 7) is 6.19. The van der Waals surface area contributed by atoms with Crippen LogP contribution in [0.2, 0.25) is 0 Å². The first kappa shape index (κ1) is 16.0. The SMILES string of the molecule is C[C@@H]1CN(CC(=O)O)[C@@H](CN2CCOCC2)CN1C(=O)O. The van der Waals surface area contributed by atoms with Gasteiger partial charge in [-0.25, -0.2) is 4.79 Å². The van der Waals surface area contributed by atoms with Crippen LogP contribution in [-0.4, -0.2) is 102 Å². The van der Waals surface area contributed by atoms with E-state index in [0.717, 1.165) is 13.1 Å². The predicted molar refractivity (Wildman–Crippen MR) is 74.4 cm³/mol. The number of ether oxygens (including phenoxy) is 1. The molecule has 1 amide bonds. The van der Waals surface area contributed by atoms with Crippen LogP contribution in [0.15, 0.2) is 0 Å². The summed E-state index contributed by atoms with van der Waals surface area (Å²) < 4.78 is 5.30. The average Bonchev–Trinajstić information content (AvgIpc) is 2.42. The highest BCUT2D eigenvalue weighted by Crippen LogP contribution is 2.17. The van der Waals surface area contributed by atoms with E-state index in [2.05, 4.69) is 4.90 Å². The molecule has 0 aromatic rings. The Bertz CT molecular complexity index is 386. The van der Waals surface area contributed by atoms with E-state index >= 15 is 0 Å². The van der Waals surface area contributed by atoms with Crippen molar-refractivity contribution in [2.75, 3.05) is 52.5 Å². The maximum Gasteiger partial charge on any atom is 0.407 e. The molecule has 0 saturated carbocycles. The lowest BCUT2D eigenvalue weighted by atomic mass is 10.1. The standard InChI is InChI=1S/C13H23N3O5/c1-10-6-15(9-12(17)18)11(8-16(10)13(19)20)7-14-2-4-21-5-3-14/h10-11H,2-9H2,1H3,(H,17,18)(H,19,20)/t10-,11+/m1/s1. The third-order valence-corrected chi connectivity index (χ3v) is 4.11. The second-order valence-electron chi connectivity index (χ2n) is 5.67. The van der Waals surface area contributed by atoms with Gasteiger partial charge in [0, 0.05) is 44.8 Å². The van der Waals surface area contributed by atoms with Gasteiger partial charge >= 0.3 is 12.1 Å². The molecule has 0 bridgehead atoms. The zero-order valence-electron chi connectivity index (χ0n) is 12.3. The van der Waals surface area contributed by atoms with E-state index in [4.69, 9.17) is 9.84 Å². The molecule has 2 N–H and O–H groups in total. The van der Waals surface area contributed by atoms with Crippen molar-refractivity contribution in [3.05, 3.63) is 0 Å². The molecular weight excluding hydrogens is 278 g/mol. The van der Waals surface area contributed by atoms with Gasteiger partial charge in [0.05, 0.1) is 19.8 Å². The number of piperazine rings is 1. The molecular formula is C13H23N3O5. The van der Waals surface area contributed by atoms with Crippen LogP contribution in [0.5, 0.6) is 0 Å². The number of morpholine rings is 1. The smallest absolute Gasteiger partial charge is 0.407 e. The first-order chi connectivity index (χ1) is 9.97. The number of hydrogen-bond acceptors (Lipinski definition) is 5. The monoisotopic (exact) mass is 301 g/mol. The van der Waals surface area contributed by atoms with Gasteiger partial charge in [-0.2, -0.15) is 0 Å². The number of carboxylic acid groups (broad SMARTS) is 2. The number of carbonyl (C=O) groups is 2. The molecule has 120 valence electrons. The normalized spacial score (nSPS) is 28.5. The summed E-state index contributed by atoms with van der Waals surface area (Å²) in [5.74, 6) is -0.877. The van der Waals surface area contributed by atoms with Crippen LogP contribution in [-0.2, 0) is 9.53 Å². The average molecular weight is 301 g/mol. The Morgan fingerprint density at radius 1 is 1.19 bits per heavy atom. The Kier molecular flexibility index (Phi) is 5.38. The minimum atomic E-state index is -0.940. The quantitative estimate of drug-likeness (QED) is 0.720. The third-order valence-electron chi connectivity index (χ3n) is 4.11. The van der Waals surface area contributed by atoms with Gasteiger partial charge in [0.25, 0.3) is 0 Å². The molecule has 0 aromatic carbocycles. The van der Waals surface area contributed by atoms with Crippen LogP contribution in [0.25, 0.3) is 0 Å². The van der Waals surface area contributed by atoms with Crippen LogP contribution in [0.4, 0.5) is 4.79 Å². The first-order valence-electron chi connectivity index (χ1n) is 7.23. The highest BCUT2D eigenvalue weighted by Gasteiger charge is 2.35. The van der Waals surface area contributed by atoms with Gasteiger partial charge in [-0.1, -0.05) is 0 Å². The number of carboxylic acids is 1. The summed E-state index contributed by atoms with van der Waals surface area (Å²) in [6, 6.07) is -0.283. The van der Waals surface area contributed by atoms with Crippen molar-refractivity contribution in [2.45, 2.75) is 19.0 Å². The van der Waals surface area contributed by atoms with Crippen molar-refractivity contribution in [2.24, 2.45) is 0 Å². The van der Waals surface area contributed by atoms with Crippen molar-refractivity contribution in [3.63, 3.8) is 0 Å². The minimum Gasteiger partial charge on any atom is -0.480 e. The number of amides is 1. The van der Waals surface area contributed by atoms with Gasteiger partial charge in [0.2, 0.25) is 0 Å². The molecule has 0 aliphatic carbocycles. The Hall–Kier alpha value is -1.38. The lowest BCUT2D eigenvalue weighted by Gasteiger charge is -2.45. The Labute approximate surface area is 123 Å². The zero-order valence-corrected chi connectivity index (χ0v) is 12.3. The number of nitrogens with zero attached hydrogens (tertiary/aromatic N) is 3. The second kappa shape index (κ2) is 7.06. The molecule has 0 unspecified atom stereocenters. The van der Waals surface area contributed by atoms with Gasteiger partial charge in [-0.15, -0.1) is 0 Å². The molecule has 8 heteroatoms. The number of hydrogen-bond donors (Lipinski definition) is 2. The molecule has 2 saturated heterocycles. The maximum atomic E-state index is 11.3. The fraction of sp³-hybridized carbons (Fsp3) is 0.846. The summed E-state index contributed by atoms with van der Waals surface area (Å²) in [5.41, 5.74) is 0. The van der Waals surface area contributed by atoms with E-state index in [0.29, 0.717) is 32.8 Å². The van der Waals surface area contributed by atoms with Crippen LogP contribution < -0.4 is 0 Å². The topological polar surface area (TPSA) is 93.6 Å². The van der Waals surface area contributed by atoms with Gasteiger partial charge in [0.1, 0.15) is 0 Å². The second-order valence-corrected chi connectivity index (χ2v) is 5.67. The van der Waals surface area contributed by atoms with Crippen LogP contribution in [0.3, 0.4) is 0 Å². The minimum absolute atomic E-state index is 0.0488. The van der Waals surface area contributed by atoms with Crippen molar-refractivity contribution in [1.29, 1.82) is 0 Å². The molecule has 0 radical (unpaired) electrons. The number of rotatable bonds is 4. The molecule has 2 aliphatic rings. The fourth-order valence-electron chi connectivity index (χ4n) is 3.00. The molecule has 21 heavy (non-hydrogen) atoms. The molecule has 2 rings (SSSR count). The van der Waals surface area contributed by atoms with E-state index in [1.165, 1.54) is 4.90 Å². The van der Waals surface area contributed by atoms with E-state index in [1.54, 1.807) is 0 Å². The van der Waals surface area contributed by atoms with Crippen LogP contribution in [0.1, 0.15) is 6.92 Å². The summed E-state index contributed by atoms with van der Waals surface area (Å²) in [6.07, 6.45) is -0.940. The summed E-state index contributed by atoms with van der Waals surface area (Å²) >= 11 is 0. The fourth-order valence-corrected chi connectivity index (χ4v) is 3.00. The van der Waals surface area contributed by atoms with Gasteiger partial charge in [-0.05, 0) is 6.92 Å². The summed E-state index contributed by atoms with van der Waals surface area (Å²) in [7, 11) is 0. The Morgan fingerprint density at radius 2 is 1.86 bits per heavy atom. The molecule has 0 aromatic heterocycles. The molecule has 2 fully saturated rings. The Morgan fingerprint density at radius 3 is 2.43 bits per heavy atom. The van der Waals surface area contributed by atoms with Crippen molar-refractivity contribution in [3.8, 4) is 0 Å². The Balaban J connectivity index is 2.03. The highest BCUT2D eigenvalue weighted by molar-refractivity contribution is 5.69. The summed E-state index contributed by atoms with van der Waals surface area (Å²) in [4.78, 5) is 27.8. The molecule has 0 spiro atoms. The van der Waals surface area contributed by atoms with Crippen molar-refractivity contribution >= 4 is 12.1 Å². The van der Waals surface area contributed by atoms with Crippen LogP contribution >= 0.6 is 0 Å². The van der Waals surface area contributed by atoms with Gasteiger partial charge in [0.15, 0.2) is 0 Å². The predicted octanol–water partition coefficient (Wildman–Crippen LogP) is -0.544. The number of aliphatic carboxylic acids is 1. The van der Waals surface area contributed by atoms with Crippen LogP contribution in [0, 0.1) is 0 Å². The largest absolute Gasteiger partial charge is 0.480 e. The van der Waals surface area contributed by atoms with E-state index in [1.807, 2.05) is 11.8 Å². The zero-order chi connectivity index (χ0) is 15.4. The van der Waals surface area contributed by atoms with Crippen molar-refractivity contribution in [1.82, 2.24) is 14.7 Å². The third kappa shape index (κ3) is 4.29. The van der Waals surface area contributed by atoms with Crippen molar-refractivity contribution < 1.29 is 24.5 Å². The molecule has 2 heterocycles. The van der Waals surface area contributed by atoms with E-state index in [-0.39, 0.29) is 18.6 Å². The van der Waals surface area contributed by atoms with E-state index < -0.39 is 12.1 Å². The molecule has 2 atom stereocenters.